The molecule has 0 fully saturated rings. The molecule has 3 heterocycles. The van der Waals surface area contributed by atoms with Crippen LogP contribution in [0.3, 0.4) is 0 Å². The highest BCUT2D eigenvalue weighted by atomic mass is 15.3. The standard InChI is InChI=1S/C13H17N7/c1-13(2,3)20-7-9(5-17-20)18-11-10-6-16-19(4)12(10)15-8-14-11/h5-8H,1-4H3,(H,14,15,18). The number of hydrogen-bond acceptors (Lipinski definition) is 5. The first-order valence-electron chi connectivity index (χ1n) is 6.40. The molecule has 20 heavy (non-hydrogen) atoms. The van der Waals surface area contributed by atoms with Gasteiger partial charge in [0.05, 0.1) is 29.0 Å². The lowest BCUT2D eigenvalue weighted by molar-refractivity contribution is 0.355. The van der Waals surface area contributed by atoms with Crippen molar-refractivity contribution in [1.29, 1.82) is 0 Å². The Morgan fingerprint density at radius 3 is 2.60 bits per heavy atom. The van der Waals surface area contributed by atoms with Crippen LogP contribution in [0.2, 0.25) is 0 Å². The maximum absolute atomic E-state index is 4.36. The summed E-state index contributed by atoms with van der Waals surface area (Å²) in [4.78, 5) is 8.49. The van der Waals surface area contributed by atoms with E-state index in [0.717, 1.165) is 22.5 Å². The maximum atomic E-state index is 4.36. The van der Waals surface area contributed by atoms with Crippen molar-refractivity contribution in [2.45, 2.75) is 26.3 Å². The first-order valence-corrected chi connectivity index (χ1v) is 6.40. The molecule has 3 aromatic rings. The van der Waals surface area contributed by atoms with Crippen LogP contribution in [-0.4, -0.2) is 29.5 Å². The van der Waals surface area contributed by atoms with Crippen LogP contribution in [0.1, 0.15) is 20.8 Å². The number of hydrogen-bond donors (Lipinski definition) is 1. The van der Waals surface area contributed by atoms with Crippen molar-refractivity contribution in [2.75, 3.05) is 5.32 Å². The van der Waals surface area contributed by atoms with Crippen molar-refractivity contribution in [1.82, 2.24) is 29.5 Å². The van der Waals surface area contributed by atoms with E-state index in [4.69, 9.17) is 0 Å². The minimum Gasteiger partial charge on any atom is -0.337 e. The Bertz CT molecular complexity index is 748. The van der Waals surface area contributed by atoms with Crippen molar-refractivity contribution in [3.05, 3.63) is 24.9 Å². The third kappa shape index (κ3) is 2.11. The van der Waals surface area contributed by atoms with Crippen LogP contribution in [-0.2, 0) is 12.6 Å². The van der Waals surface area contributed by atoms with Crippen molar-refractivity contribution < 1.29 is 0 Å². The average Bonchev–Trinajstić information content (AvgIpc) is 2.98. The molecule has 0 atom stereocenters. The van der Waals surface area contributed by atoms with Gasteiger partial charge in [-0.1, -0.05) is 0 Å². The van der Waals surface area contributed by atoms with E-state index in [1.165, 1.54) is 6.33 Å². The number of nitrogens with zero attached hydrogens (tertiary/aromatic N) is 6. The quantitative estimate of drug-likeness (QED) is 0.772. The summed E-state index contributed by atoms with van der Waals surface area (Å²) in [6.07, 6.45) is 7.03. The van der Waals surface area contributed by atoms with Crippen LogP contribution in [0, 0.1) is 0 Å². The fourth-order valence-corrected chi connectivity index (χ4v) is 1.95. The zero-order valence-corrected chi connectivity index (χ0v) is 12.0. The molecule has 3 rings (SSSR count). The Balaban J connectivity index is 1.95. The molecule has 0 aliphatic rings. The van der Waals surface area contributed by atoms with Gasteiger partial charge in [-0.05, 0) is 20.8 Å². The molecule has 0 saturated carbocycles. The summed E-state index contributed by atoms with van der Waals surface area (Å²) >= 11 is 0. The molecule has 7 heteroatoms. The predicted molar refractivity (Wildman–Crippen MR) is 76.8 cm³/mol. The summed E-state index contributed by atoms with van der Waals surface area (Å²) in [7, 11) is 1.86. The van der Waals surface area contributed by atoms with Crippen LogP contribution < -0.4 is 5.32 Å². The zero-order valence-electron chi connectivity index (χ0n) is 12.0. The molecule has 0 aromatic carbocycles. The van der Waals surface area contributed by atoms with E-state index in [9.17, 15) is 0 Å². The molecule has 0 saturated heterocycles. The van der Waals surface area contributed by atoms with E-state index < -0.39 is 0 Å². The molecule has 0 spiro atoms. The highest BCUT2D eigenvalue weighted by molar-refractivity contribution is 5.87. The summed E-state index contributed by atoms with van der Waals surface area (Å²) in [5.74, 6) is 0.733. The van der Waals surface area contributed by atoms with E-state index in [2.05, 4.69) is 46.3 Å². The van der Waals surface area contributed by atoms with Crippen LogP contribution in [0.4, 0.5) is 11.5 Å². The van der Waals surface area contributed by atoms with E-state index in [-0.39, 0.29) is 5.54 Å². The fourth-order valence-electron chi connectivity index (χ4n) is 1.95. The third-order valence-corrected chi connectivity index (χ3v) is 3.06. The zero-order chi connectivity index (χ0) is 14.3. The second kappa shape index (κ2) is 4.29. The van der Waals surface area contributed by atoms with Crippen molar-refractivity contribution >= 4 is 22.5 Å². The number of fused-ring (bicyclic) bond motifs is 1. The average molecular weight is 271 g/mol. The normalized spacial score (nSPS) is 12.0. The second-order valence-corrected chi connectivity index (χ2v) is 5.70. The molecule has 0 radical (unpaired) electrons. The largest absolute Gasteiger partial charge is 0.337 e. The van der Waals surface area contributed by atoms with E-state index in [0.29, 0.717) is 0 Å². The summed E-state index contributed by atoms with van der Waals surface area (Å²) in [6, 6.07) is 0. The molecule has 0 amide bonds. The summed E-state index contributed by atoms with van der Waals surface area (Å²) in [6.45, 7) is 6.31. The summed E-state index contributed by atoms with van der Waals surface area (Å²) in [5.41, 5.74) is 1.64. The van der Waals surface area contributed by atoms with E-state index in [1.807, 2.05) is 17.9 Å². The van der Waals surface area contributed by atoms with Gasteiger partial charge in [0.15, 0.2) is 5.65 Å². The molecule has 7 nitrogen and oxygen atoms in total. The molecule has 0 unspecified atom stereocenters. The predicted octanol–water partition coefficient (Wildman–Crippen LogP) is 2.06. The minimum absolute atomic E-state index is 0.0464. The van der Waals surface area contributed by atoms with Gasteiger partial charge in [-0.25, -0.2) is 9.97 Å². The maximum Gasteiger partial charge on any atom is 0.163 e. The van der Waals surface area contributed by atoms with Crippen molar-refractivity contribution in [3.63, 3.8) is 0 Å². The Hall–Kier alpha value is -2.44. The van der Waals surface area contributed by atoms with Crippen molar-refractivity contribution in [2.24, 2.45) is 7.05 Å². The molecule has 0 bridgehead atoms. The first kappa shape index (κ1) is 12.6. The number of anilines is 2. The molecule has 0 aliphatic heterocycles. The summed E-state index contributed by atoms with van der Waals surface area (Å²) < 4.78 is 3.64. The highest BCUT2D eigenvalue weighted by Crippen LogP contribution is 2.23. The SMILES string of the molecule is Cn1ncc2c(Nc3cnn(C(C)(C)C)c3)ncnc21. The molecule has 3 aromatic heterocycles. The molecule has 104 valence electrons. The lowest BCUT2D eigenvalue weighted by atomic mass is 10.1. The number of nitrogens with one attached hydrogen (secondary N) is 1. The topological polar surface area (TPSA) is 73.5 Å². The summed E-state index contributed by atoms with van der Waals surface area (Å²) in [5, 5.41) is 12.7. The van der Waals surface area contributed by atoms with E-state index >= 15 is 0 Å². The van der Waals surface area contributed by atoms with Gasteiger partial charge >= 0.3 is 0 Å². The Morgan fingerprint density at radius 1 is 1.10 bits per heavy atom. The lowest BCUT2D eigenvalue weighted by Crippen LogP contribution is -2.21. The monoisotopic (exact) mass is 271 g/mol. The molecule has 0 aliphatic carbocycles. The van der Waals surface area contributed by atoms with Crippen LogP contribution >= 0.6 is 0 Å². The molecular weight excluding hydrogens is 254 g/mol. The Labute approximate surface area is 116 Å². The van der Waals surface area contributed by atoms with Crippen LogP contribution in [0.25, 0.3) is 11.0 Å². The first-order chi connectivity index (χ1) is 9.45. The van der Waals surface area contributed by atoms with Crippen LogP contribution in [0.15, 0.2) is 24.9 Å². The fraction of sp³-hybridized carbons (Fsp3) is 0.385. The van der Waals surface area contributed by atoms with Gasteiger partial charge in [0.25, 0.3) is 0 Å². The van der Waals surface area contributed by atoms with Gasteiger partial charge in [0.2, 0.25) is 0 Å². The second-order valence-electron chi connectivity index (χ2n) is 5.70. The smallest absolute Gasteiger partial charge is 0.163 e. The number of aryl methyl sites for hydroxylation is 1. The number of aromatic nitrogens is 6. The van der Waals surface area contributed by atoms with Gasteiger partial charge in [-0.15, -0.1) is 0 Å². The molecular formula is C13H17N7. The van der Waals surface area contributed by atoms with Gasteiger partial charge in [0, 0.05) is 13.2 Å². The van der Waals surface area contributed by atoms with E-state index in [1.54, 1.807) is 17.1 Å². The van der Waals surface area contributed by atoms with Crippen LogP contribution in [0.5, 0.6) is 0 Å². The molecule has 1 N–H and O–H groups in total. The van der Waals surface area contributed by atoms with Gasteiger partial charge in [-0.3, -0.25) is 9.36 Å². The minimum atomic E-state index is -0.0464. The van der Waals surface area contributed by atoms with Gasteiger partial charge in [0.1, 0.15) is 12.1 Å². The van der Waals surface area contributed by atoms with Gasteiger partial charge in [-0.2, -0.15) is 10.2 Å². The number of rotatable bonds is 2. The Morgan fingerprint density at radius 2 is 1.90 bits per heavy atom. The lowest BCUT2D eigenvalue weighted by Gasteiger charge is -2.18. The third-order valence-electron chi connectivity index (χ3n) is 3.06. The Kier molecular flexibility index (Phi) is 2.70. The highest BCUT2D eigenvalue weighted by Gasteiger charge is 2.15. The van der Waals surface area contributed by atoms with Gasteiger partial charge < -0.3 is 5.32 Å². The van der Waals surface area contributed by atoms with Crippen molar-refractivity contribution in [3.8, 4) is 0 Å².